The molecule has 0 saturated carbocycles. The van der Waals surface area contributed by atoms with Crippen molar-refractivity contribution in [1.29, 1.82) is 0 Å². The molecule has 3 rings (SSSR count). The summed E-state index contributed by atoms with van der Waals surface area (Å²) in [6.45, 7) is 0. The lowest BCUT2D eigenvalue weighted by molar-refractivity contribution is -0.117. The van der Waals surface area contributed by atoms with E-state index < -0.39 is 0 Å². The van der Waals surface area contributed by atoms with Gasteiger partial charge in [0, 0.05) is 18.9 Å². The van der Waals surface area contributed by atoms with Crippen molar-refractivity contribution >= 4 is 16.7 Å². The monoisotopic (exact) mass is 268 g/mol. The summed E-state index contributed by atoms with van der Waals surface area (Å²) in [5.41, 5.74) is 3.32. The molecule has 0 atom stereocenters. The van der Waals surface area contributed by atoms with Gasteiger partial charge in [-0.2, -0.15) is 5.10 Å². The van der Waals surface area contributed by atoms with Crippen LogP contribution < -0.4 is 0 Å². The molecule has 0 unspecified atom stereocenters. The molecule has 0 spiro atoms. The van der Waals surface area contributed by atoms with Crippen LogP contribution in [0.4, 0.5) is 0 Å². The van der Waals surface area contributed by atoms with Gasteiger partial charge in [-0.3, -0.25) is 9.48 Å². The fourth-order valence-electron chi connectivity index (χ4n) is 2.99. The zero-order chi connectivity index (χ0) is 13.9. The second-order valence-electron chi connectivity index (χ2n) is 5.59. The first-order valence-electron chi connectivity index (χ1n) is 7.34. The second kappa shape index (κ2) is 5.61. The Kier molecular flexibility index (Phi) is 3.68. The van der Waals surface area contributed by atoms with Crippen molar-refractivity contribution in [1.82, 2.24) is 9.78 Å². The van der Waals surface area contributed by atoms with Crippen LogP contribution in [0.5, 0.6) is 0 Å². The molecule has 0 aliphatic heterocycles. The summed E-state index contributed by atoms with van der Waals surface area (Å²) < 4.78 is 1.86. The fraction of sp³-hybridized carbons (Fsp3) is 0.412. The number of rotatable bonds is 4. The molecule has 0 saturated heterocycles. The van der Waals surface area contributed by atoms with Gasteiger partial charge in [-0.05, 0) is 31.7 Å². The second-order valence-corrected chi connectivity index (χ2v) is 5.59. The number of aromatic nitrogens is 2. The lowest BCUT2D eigenvalue weighted by Crippen LogP contribution is -2.07. The minimum Gasteiger partial charge on any atom is -0.299 e. The summed E-state index contributed by atoms with van der Waals surface area (Å²) >= 11 is 0. The Morgan fingerprint density at radius 3 is 2.90 bits per heavy atom. The van der Waals surface area contributed by atoms with E-state index in [9.17, 15) is 4.79 Å². The minimum absolute atomic E-state index is 0.280. The number of carbonyl (C=O) groups excluding carboxylic acids is 1. The maximum Gasteiger partial charge on any atom is 0.142 e. The first kappa shape index (κ1) is 13.1. The van der Waals surface area contributed by atoms with E-state index in [2.05, 4.69) is 11.2 Å². The van der Waals surface area contributed by atoms with Crippen LogP contribution in [0, 0.1) is 0 Å². The average Bonchev–Trinajstić information content (AvgIpc) is 2.77. The first-order valence-corrected chi connectivity index (χ1v) is 7.34. The van der Waals surface area contributed by atoms with Gasteiger partial charge in [0.05, 0.1) is 17.6 Å². The van der Waals surface area contributed by atoms with Gasteiger partial charge in [0.25, 0.3) is 0 Å². The third-order valence-corrected chi connectivity index (χ3v) is 4.01. The number of benzene rings is 1. The van der Waals surface area contributed by atoms with Crippen molar-refractivity contribution < 1.29 is 4.79 Å². The predicted octanol–water partition coefficient (Wildman–Crippen LogP) is 3.58. The van der Waals surface area contributed by atoms with Gasteiger partial charge in [0.1, 0.15) is 5.78 Å². The van der Waals surface area contributed by atoms with Crippen LogP contribution in [0.25, 0.3) is 10.9 Å². The van der Waals surface area contributed by atoms with E-state index in [1.807, 2.05) is 36.0 Å². The molecule has 1 aromatic heterocycles. The molecule has 1 aliphatic carbocycles. The molecule has 0 radical (unpaired) electrons. The molecule has 1 aromatic carbocycles. The number of para-hydroxylation sites is 1. The molecule has 0 amide bonds. The number of ketones is 1. The molecule has 20 heavy (non-hydrogen) atoms. The molecule has 0 fully saturated rings. The Balaban J connectivity index is 1.76. The van der Waals surface area contributed by atoms with Crippen LogP contribution in [0.1, 0.15) is 37.8 Å². The third-order valence-electron chi connectivity index (χ3n) is 4.01. The van der Waals surface area contributed by atoms with Crippen LogP contribution in [0.3, 0.4) is 0 Å². The van der Waals surface area contributed by atoms with E-state index in [1.165, 1.54) is 18.4 Å². The molecule has 104 valence electrons. The van der Waals surface area contributed by atoms with E-state index >= 15 is 0 Å². The molecule has 3 nitrogen and oxygen atoms in total. The summed E-state index contributed by atoms with van der Waals surface area (Å²) in [6.07, 6.45) is 8.01. The van der Waals surface area contributed by atoms with E-state index in [-0.39, 0.29) is 5.78 Å². The van der Waals surface area contributed by atoms with E-state index in [0.717, 1.165) is 29.4 Å². The predicted molar refractivity (Wildman–Crippen MR) is 80.6 cm³/mol. The highest BCUT2D eigenvalue weighted by molar-refractivity contribution is 5.89. The molecule has 0 N–H and O–H groups in total. The molecular formula is C17H20N2O. The largest absolute Gasteiger partial charge is 0.299 e. The van der Waals surface area contributed by atoms with Crippen molar-refractivity contribution in [2.24, 2.45) is 7.05 Å². The summed E-state index contributed by atoms with van der Waals surface area (Å²) in [6, 6.07) is 8.09. The standard InChI is InChI=1S/C17H20N2O/c1-19-17-10-6-5-9-15(17)16(18-19)12-14(20)11-13-7-3-2-4-8-13/h5-7,9-10H,2-4,8,11-12H2,1H3. The van der Waals surface area contributed by atoms with Crippen molar-refractivity contribution in [2.75, 3.05) is 0 Å². The number of hydrogen-bond acceptors (Lipinski definition) is 2. The summed E-state index contributed by atoms with van der Waals surface area (Å²) in [5.74, 6) is 0.280. The average molecular weight is 268 g/mol. The number of aryl methyl sites for hydroxylation is 1. The summed E-state index contributed by atoms with van der Waals surface area (Å²) in [4.78, 5) is 12.2. The zero-order valence-electron chi connectivity index (χ0n) is 11.9. The molecular weight excluding hydrogens is 248 g/mol. The van der Waals surface area contributed by atoms with Gasteiger partial charge in [-0.25, -0.2) is 0 Å². The highest BCUT2D eigenvalue weighted by atomic mass is 16.1. The lowest BCUT2D eigenvalue weighted by Gasteiger charge is -2.11. The van der Waals surface area contributed by atoms with Crippen LogP contribution in [-0.2, 0) is 18.3 Å². The normalized spacial score (nSPS) is 15.3. The van der Waals surface area contributed by atoms with Gasteiger partial charge >= 0.3 is 0 Å². The van der Waals surface area contributed by atoms with Crippen LogP contribution in [0.2, 0.25) is 0 Å². The number of fused-ring (bicyclic) bond motifs is 1. The minimum atomic E-state index is 0.280. The van der Waals surface area contributed by atoms with Gasteiger partial charge in [-0.15, -0.1) is 0 Å². The number of carbonyl (C=O) groups is 1. The Hall–Kier alpha value is -1.90. The molecule has 1 heterocycles. The Labute approximate surface area is 119 Å². The summed E-state index contributed by atoms with van der Waals surface area (Å²) in [5, 5.41) is 5.60. The van der Waals surface area contributed by atoms with Gasteiger partial charge in [0.2, 0.25) is 0 Å². The highest BCUT2D eigenvalue weighted by Crippen LogP contribution is 2.22. The van der Waals surface area contributed by atoms with Gasteiger partial charge in [-0.1, -0.05) is 29.8 Å². The zero-order valence-corrected chi connectivity index (χ0v) is 11.9. The molecule has 1 aliphatic rings. The third kappa shape index (κ3) is 2.67. The van der Waals surface area contributed by atoms with Gasteiger partial charge < -0.3 is 0 Å². The van der Waals surface area contributed by atoms with Gasteiger partial charge in [0.15, 0.2) is 0 Å². The molecule has 0 bridgehead atoms. The Bertz CT molecular complexity index is 667. The first-order chi connectivity index (χ1) is 9.74. The Morgan fingerprint density at radius 2 is 2.10 bits per heavy atom. The fourth-order valence-corrected chi connectivity index (χ4v) is 2.99. The number of nitrogens with zero attached hydrogens (tertiary/aromatic N) is 2. The summed E-state index contributed by atoms with van der Waals surface area (Å²) in [7, 11) is 1.93. The Morgan fingerprint density at radius 1 is 1.25 bits per heavy atom. The van der Waals surface area contributed by atoms with Crippen LogP contribution >= 0.6 is 0 Å². The molecule has 2 aromatic rings. The maximum atomic E-state index is 12.2. The van der Waals surface area contributed by atoms with E-state index in [0.29, 0.717) is 12.8 Å². The lowest BCUT2D eigenvalue weighted by atomic mass is 9.94. The van der Waals surface area contributed by atoms with E-state index in [4.69, 9.17) is 0 Å². The smallest absolute Gasteiger partial charge is 0.142 e. The number of allylic oxidation sites excluding steroid dienone is 2. The van der Waals surface area contributed by atoms with Crippen LogP contribution in [-0.4, -0.2) is 15.6 Å². The van der Waals surface area contributed by atoms with Crippen molar-refractivity contribution in [3.63, 3.8) is 0 Å². The number of Topliss-reactive ketones (excluding diaryl/α,β-unsaturated/α-hetero) is 1. The number of hydrogen-bond donors (Lipinski definition) is 0. The SMILES string of the molecule is Cn1nc(CC(=O)CC2=CCCCC2)c2ccccc21. The van der Waals surface area contributed by atoms with Crippen LogP contribution in [0.15, 0.2) is 35.9 Å². The van der Waals surface area contributed by atoms with Crippen molar-refractivity contribution in [3.8, 4) is 0 Å². The maximum absolute atomic E-state index is 12.2. The quantitative estimate of drug-likeness (QED) is 0.794. The molecule has 3 heteroatoms. The van der Waals surface area contributed by atoms with Crippen molar-refractivity contribution in [2.45, 2.75) is 38.5 Å². The van der Waals surface area contributed by atoms with Crippen molar-refractivity contribution in [3.05, 3.63) is 41.6 Å². The van der Waals surface area contributed by atoms with E-state index in [1.54, 1.807) is 0 Å². The highest BCUT2D eigenvalue weighted by Gasteiger charge is 2.14. The topological polar surface area (TPSA) is 34.9 Å².